The van der Waals surface area contributed by atoms with Gasteiger partial charge in [0.1, 0.15) is 11.3 Å². The highest BCUT2D eigenvalue weighted by Crippen LogP contribution is 2.19. The molecule has 2 rings (SSSR count). The van der Waals surface area contributed by atoms with Gasteiger partial charge in [-0.05, 0) is 46.9 Å². The molecule has 114 valence electrons. The maximum atomic E-state index is 12.0. The lowest BCUT2D eigenvalue weighted by Gasteiger charge is -2.09. The van der Waals surface area contributed by atoms with E-state index in [9.17, 15) is 9.59 Å². The van der Waals surface area contributed by atoms with Gasteiger partial charge in [-0.15, -0.1) is 0 Å². The van der Waals surface area contributed by atoms with Gasteiger partial charge in [-0.2, -0.15) is 0 Å². The number of anilines is 1. The average Bonchev–Trinajstić information content (AvgIpc) is 2.54. The van der Waals surface area contributed by atoms with Gasteiger partial charge in [-0.3, -0.25) is 4.79 Å². The number of hydrogen-bond donors (Lipinski definition) is 1. The van der Waals surface area contributed by atoms with E-state index < -0.39 is 11.9 Å². The smallest absolute Gasteiger partial charge is 0.342 e. The van der Waals surface area contributed by atoms with E-state index in [0.717, 1.165) is 3.57 Å². The molecule has 22 heavy (non-hydrogen) atoms. The molecule has 6 heteroatoms. The number of nitrogens with one attached hydrogen (secondary N) is 1. The fourth-order valence-corrected chi connectivity index (χ4v) is 2.29. The number of carbonyl (C=O) groups excluding carboxylic acids is 2. The zero-order valence-corrected chi connectivity index (χ0v) is 14.0. The van der Waals surface area contributed by atoms with Crippen molar-refractivity contribution in [3.63, 3.8) is 0 Å². The van der Waals surface area contributed by atoms with Crippen molar-refractivity contribution in [1.82, 2.24) is 0 Å². The third-order valence-corrected chi connectivity index (χ3v) is 3.75. The molecule has 0 aliphatic rings. The number of benzene rings is 2. The molecule has 0 unspecified atom stereocenters. The van der Waals surface area contributed by atoms with E-state index in [1.165, 1.54) is 7.11 Å². The summed E-state index contributed by atoms with van der Waals surface area (Å²) in [5.74, 6) is -0.590. The summed E-state index contributed by atoms with van der Waals surface area (Å²) in [6, 6.07) is 14.0. The molecule has 0 saturated carbocycles. The summed E-state index contributed by atoms with van der Waals surface area (Å²) in [5, 5.41) is 2.69. The van der Waals surface area contributed by atoms with Gasteiger partial charge < -0.3 is 14.8 Å². The van der Waals surface area contributed by atoms with E-state index in [1.54, 1.807) is 30.3 Å². The standard InChI is InChI=1S/C16H14INO4/c1-21-14-9-5-2-6-11(14)16(20)22-10-15(19)18-13-8-4-3-7-12(13)17/h2-9H,10H2,1H3,(H,18,19). The lowest BCUT2D eigenvalue weighted by molar-refractivity contribution is -0.119. The van der Waals surface area contributed by atoms with Crippen LogP contribution in [0.15, 0.2) is 48.5 Å². The van der Waals surface area contributed by atoms with Gasteiger partial charge in [-0.1, -0.05) is 24.3 Å². The molecule has 2 aromatic rings. The second-order valence-electron chi connectivity index (χ2n) is 4.30. The minimum atomic E-state index is -0.602. The Balaban J connectivity index is 1.94. The zero-order valence-electron chi connectivity index (χ0n) is 11.8. The fraction of sp³-hybridized carbons (Fsp3) is 0.125. The SMILES string of the molecule is COc1ccccc1C(=O)OCC(=O)Nc1ccccc1I. The molecule has 5 nitrogen and oxygen atoms in total. The molecule has 1 amide bonds. The molecule has 0 radical (unpaired) electrons. The molecule has 0 fully saturated rings. The van der Waals surface area contributed by atoms with Gasteiger partial charge in [-0.25, -0.2) is 4.79 Å². The van der Waals surface area contributed by atoms with Crippen LogP contribution in [0.4, 0.5) is 5.69 Å². The normalized spacial score (nSPS) is 9.91. The van der Waals surface area contributed by atoms with Crippen LogP contribution in [0.3, 0.4) is 0 Å². The number of esters is 1. The summed E-state index contributed by atoms with van der Waals surface area (Å²) in [6.07, 6.45) is 0. The van der Waals surface area contributed by atoms with E-state index in [-0.39, 0.29) is 12.2 Å². The number of carbonyl (C=O) groups is 2. The molecular formula is C16H14INO4. The van der Waals surface area contributed by atoms with Crippen LogP contribution in [0.5, 0.6) is 5.75 Å². The van der Waals surface area contributed by atoms with E-state index in [4.69, 9.17) is 9.47 Å². The zero-order chi connectivity index (χ0) is 15.9. The second kappa shape index (κ2) is 7.79. The lowest BCUT2D eigenvalue weighted by Crippen LogP contribution is -2.21. The summed E-state index contributed by atoms with van der Waals surface area (Å²) in [4.78, 5) is 23.8. The van der Waals surface area contributed by atoms with Crippen LogP contribution < -0.4 is 10.1 Å². The van der Waals surface area contributed by atoms with Crippen LogP contribution in [0, 0.1) is 3.57 Å². The summed E-state index contributed by atoms with van der Waals surface area (Å²) in [5.41, 5.74) is 0.966. The Kier molecular flexibility index (Phi) is 5.76. The average molecular weight is 411 g/mol. The van der Waals surface area contributed by atoms with Crippen LogP contribution in [0.25, 0.3) is 0 Å². The number of amides is 1. The van der Waals surface area contributed by atoms with Crippen molar-refractivity contribution in [3.05, 3.63) is 57.7 Å². The van der Waals surface area contributed by atoms with Crippen molar-refractivity contribution in [3.8, 4) is 5.75 Å². The van der Waals surface area contributed by atoms with E-state index in [0.29, 0.717) is 11.4 Å². The molecule has 0 heterocycles. The van der Waals surface area contributed by atoms with Crippen LogP contribution in [-0.4, -0.2) is 25.6 Å². The Morgan fingerprint density at radius 3 is 2.50 bits per heavy atom. The first kappa shape index (κ1) is 16.3. The Bertz CT molecular complexity index is 687. The van der Waals surface area contributed by atoms with Crippen molar-refractivity contribution < 1.29 is 19.1 Å². The van der Waals surface area contributed by atoms with Crippen molar-refractivity contribution >= 4 is 40.2 Å². The number of methoxy groups -OCH3 is 1. The Morgan fingerprint density at radius 1 is 1.09 bits per heavy atom. The van der Waals surface area contributed by atoms with E-state index in [2.05, 4.69) is 27.9 Å². The summed E-state index contributed by atoms with van der Waals surface area (Å²) >= 11 is 2.12. The molecule has 0 spiro atoms. The fourth-order valence-electron chi connectivity index (χ4n) is 1.77. The van der Waals surface area contributed by atoms with Gasteiger partial charge in [0, 0.05) is 3.57 Å². The molecular weight excluding hydrogens is 397 g/mol. The Morgan fingerprint density at radius 2 is 1.77 bits per heavy atom. The number of halogens is 1. The minimum absolute atomic E-state index is 0.284. The monoisotopic (exact) mass is 411 g/mol. The van der Waals surface area contributed by atoms with Gasteiger partial charge in [0.2, 0.25) is 0 Å². The second-order valence-corrected chi connectivity index (χ2v) is 5.47. The van der Waals surface area contributed by atoms with Crippen molar-refractivity contribution in [2.24, 2.45) is 0 Å². The van der Waals surface area contributed by atoms with Gasteiger partial charge in [0.05, 0.1) is 12.8 Å². The predicted octanol–water partition coefficient (Wildman–Crippen LogP) is 3.10. The van der Waals surface area contributed by atoms with Crippen LogP contribution in [0.2, 0.25) is 0 Å². The third-order valence-electron chi connectivity index (χ3n) is 2.81. The highest BCUT2D eigenvalue weighted by atomic mass is 127. The Hall–Kier alpha value is -2.09. The van der Waals surface area contributed by atoms with Crippen LogP contribution in [0.1, 0.15) is 10.4 Å². The quantitative estimate of drug-likeness (QED) is 0.607. The van der Waals surface area contributed by atoms with Crippen molar-refractivity contribution in [1.29, 1.82) is 0 Å². The first-order chi connectivity index (χ1) is 10.6. The number of para-hydroxylation sites is 2. The number of rotatable bonds is 5. The largest absolute Gasteiger partial charge is 0.496 e. The molecule has 0 aliphatic carbocycles. The lowest BCUT2D eigenvalue weighted by atomic mass is 10.2. The molecule has 0 aliphatic heterocycles. The summed E-state index contributed by atoms with van der Waals surface area (Å²) < 4.78 is 11.0. The topological polar surface area (TPSA) is 64.6 Å². The molecule has 0 atom stereocenters. The highest BCUT2D eigenvalue weighted by molar-refractivity contribution is 14.1. The first-order valence-electron chi connectivity index (χ1n) is 6.46. The van der Waals surface area contributed by atoms with Crippen molar-refractivity contribution in [2.75, 3.05) is 19.0 Å². The maximum absolute atomic E-state index is 12.0. The van der Waals surface area contributed by atoms with Crippen LogP contribution in [-0.2, 0) is 9.53 Å². The highest BCUT2D eigenvalue weighted by Gasteiger charge is 2.15. The maximum Gasteiger partial charge on any atom is 0.342 e. The first-order valence-corrected chi connectivity index (χ1v) is 7.54. The molecule has 2 aromatic carbocycles. The molecule has 0 saturated heterocycles. The summed E-state index contributed by atoms with van der Waals surface area (Å²) in [7, 11) is 1.47. The van der Waals surface area contributed by atoms with Gasteiger partial charge in [0.25, 0.3) is 5.91 Å². The van der Waals surface area contributed by atoms with E-state index >= 15 is 0 Å². The van der Waals surface area contributed by atoms with Crippen molar-refractivity contribution in [2.45, 2.75) is 0 Å². The molecule has 1 N–H and O–H groups in total. The minimum Gasteiger partial charge on any atom is -0.496 e. The third kappa shape index (κ3) is 4.20. The van der Waals surface area contributed by atoms with Gasteiger partial charge >= 0.3 is 5.97 Å². The Labute approximate surface area is 141 Å². The number of ether oxygens (including phenoxy) is 2. The number of hydrogen-bond acceptors (Lipinski definition) is 4. The molecule has 0 bridgehead atoms. The predicted molar refractivity (Wildman–Crippen MR) is 91.1 cm³/mol. The molecule has 0 aromatic heterocycles. The van der Waals surface area contributed by atoms with Crippen LogP contribution >= 0.6 is 22.6 Å². The summed E-state index contributed by atoms with van der Waals surface area (Å²) in [6.45, 7) is -0.359. The van der Waals surface area contributed by atoms with Gasteiger partial charge in [0.15, 0.2) is 6.61 Å². The van der Waals surface area contributed by atoms with E-state index in [1.807, 2.05) is 18.2 Å².